The fraction of sp³-hybridized carbons (Fsp3) is 0.200. The van der Waals surface area contributed by atoms with Crippen molar-refractivity contribution in [3.63, 3.8) is 0 Å². The van der Waals surface area contributed by atoms with Crippen LogP contribution in [-0.4, -0.2) is 39.4 Å². The molecule has 2 aromatic heterocycles. The third-order valence-electron chi connectivity index (χ3n) is 3.16. The Balaban J connectivity index is 1.84. The molecule has 22 heavy (non-hydrogen) atoms. The van der Waals surface area contributed by atoms with Crippen LogP contribution in [0.1, 0.15) is 5.82 Å². The SMILES string of the molecule is COCC(=O)Nc1ccc(-c2ccc3nnc(C)n3n2)cc1. The van der Waals surface area contributed by atoms with Crippen LogP contribution in [0, 0.1) is 6.92 Å². The summed E-state index contributed by atoms with van der Waals surface area (Å²) in [6, 6.07) is 11.2. The zero-order valence-electron chi connectivity index (χ0n) is 12.3. The van der Waals surface area contributed by atoms with E-state index in [-0.39, 0.29) is 12.5 Å². The molecule has 1 amide bonds. The second kappa shape index (κ2) is 5.90. The molecule has 7 heteroatoms. The van der Waals surface area contributed by atoms with Gasteiger partial charge in [0.05, 0.1) is 5.69 Å². The summed E-state index contributed by atoms with van der Waals surface area (Å²) < 4.78 is 6.47. The lowest BCUT2D eigenvalue weighted by Crippen LogP contribution is -2.16. The van der Waals surface area contributed by atoms with E-state index in [4.69, 9.17) is 4.74 Å². The van der Waals surface area contributed by atoms with Gasteiger partial charge in [-0.1, -0.05) is 12.1 Å². The topological polar surface area (TPSA) is 81.4 Å². The highest BCUT2D eigenvalue weighted by Crippen LogP contribution is 2.20. The minimum atomic E-state index is -0.185. The molecule has 2 heterocycles. The first-order chi connectivity index (χ1) is 10.7. The monoisotopic (exact) mass is 297 g/mol. The van der Waals surface area contributed by atoms with Gasteiger partial charge in [-0.25, -0.2) is 0 Å². The second-order valence-corrected chi connectivity index (χ2v) is 4.79. The van der Waals surface area contributed by atoms with Crippen LogP contribution >= 0.6 is 0 Å². The highest BCUT2D eigenvalue weighted by atomic mass is 16.5. The van der Waals surface area contributed by atoms with Crippen LogP contribution in [0.4, 0.5) is 5.69 Å². The lowest BCUT2D eigenvalue weighted by Gasteiger charge is -2.06. The van der Waals surface area contributed by atoms with E-state index in [0.717, 1.165) is 17.1 Å². The van der Waals surface area contributed by atoms with E-state index >= 15 is 0 Å². The van der Waals surface area contributed by atoms with Crippen molar-refractivity contribution in [2.75, 3.05) is 19.0 Å². The van der Waals surface area contributed by atoms with Crippen LogP contribution in [0.25, 0.3) is 16.9 Å². The van der Waals surface area contributed by atoms with Crippen LogP contribution in [0.2, 0.25) is 0 Å². The van der Waals surface area contributed by atoms with Crippen molar-refractivity contribution >= 4 is 17.2 Å². The van der Waals surface area contributed by atoms with Gasteiger partial charge >= 0.3 is 0 Å². The zero-order chi connectivity index (χ0) is 15.5. The molecule has 0 aliphatic heterocycles. The van der Waals surface area contributed by atoms with Crippen LogP contribution in [-0.2, 0) is 9.53 Å². The number of fused-ring (bicyclic) bond motifs is 1. The molecular weight excluding hydrogens is 282 g/mol. The third kappa shape index (κ3) is 2.79. The van der Waals surface area contributed by atoms with Crippen LogP contribution in [0.15, 0.2) is 36.4 Å². The van der Waals surface area contributed by atoms with E-state index in [9.17, 15) is 4.79 Å². The van der Waals surface area contributed by atoms with Crippen molar-refractivity contribution in [2.45, 2.75) is 6.92 Å². The highest BCUT2D eigenvalue weighted by molar-refractivity contribution is 5.91. The summed E-state index contributed by atoms with van der Waals surface area (Å²) in [6.45, 7) is 1.89. The quantitative estimate of drug-likeness (QED) is 0.792. The van der Waals surface area contributed by atoms with Crippen molar-refractivity contribution in [1.82, 2.24) is 19.8 Å². The normalized spacial score (nSPS) is 10.8. The lowest BCUT2D eigenvalue weighted by atomic mass is 10.1. The number of hydrogen-bond donors (Lipinski definition) is 1. The minimum absolute atomic E-state index is 0.0346. The molecule has 0 saturated carbocycles. The van der Waals surface area contributed by atoms with Gasteiger partial charge in [0, 0.05) is 18.4 Å². The average Bonchev–Trinajstić information content (AvgIpc) is 2.89. The number of amides is 1. The number of rotatable bonds is 4. The van der Waals surface area contributed by atoms with E-state index in [2.05, 4.69) is 20.6 Å². The van der Waals surface area contributed by atoms with Gasteiger partial charge in [-0.05, 0) is 31.2 Å². The van der Waals surface area contributed by atoms with Gasteiger partial charge in [0.2, 0.25) is 5.91 Å². The summed E-state index contributed by atoms with van der Waals surface area (Å²) in [7, 11) is 1.48. The molecule has 0 unspecified atom stereocenters. The van der Waals surface area contributed by atoms with Gasteiger partial charge in [-0.3, -0.25) is 4.79 Å². The standard InChI is InChI=1S/C15H15N5O2/c1-10-17-18-14-8-7-13(19-20(10)14)11-3-5-12(6-4-11)16-15(21)9-22-2/h3-8H,9H2,1-2H3,(H,16,21). The van der Waals surface area contributed by atoms with Crippen molar-refractivity contribution < 1.29 is 9.53 Å². The van der Waals surface area contributed by atoms with E-state index in [1.54, 1.807) is 4.52 Å². The molecule has 0 radical (unpaired) electrons. The first-order valence-corrected chi connectivity index (χ1v) is 6.75. The van der Waals surface area contributed by atoms with Gasteiger partial charge in [-0.2, -0.15) is 9.61 Å². The van der Waals surface area contributed by atoms with E-state index in [1.165, 1.54) is 7.11 Å². The van der Waals surface area contributed by atoms with Gasteiger partial charge in [-0.15, -0.1) is 10.2 Å². The Kier molecular flexibility index (Phi) is 3.80. The molecule has 0 fully saturated rings. The zero-order valence-corrected chi connectivity index (χ0v) is 12.3. The fourth-order valence-corrected chi connectivity index (χ4v) is 2.10. The molecule has 0 saturated heterocycles. The maximum Gasteiger partial charge on any atom is 0.250 e. The summed E-state index contributed by atoms with van der Waals surface area (Å²) in [5.74, 6) is 0.551. The third-order valence-corrected chi connectivity index (χ3v) is 3.16. The highest BCUT2D eigenvalue weighted by Gasteiger charge is 2.06. The van der Waals surface area contributed by atoms with Gasteiger partial charge in [0.25, 0.3) is 0 Å². The Hall–Kier alpha value is -2.80. The molecule has 1 N–H and O–H groups in total. The predicted octanol–water partition coefficient (Wildman–Crippen LogP) is 1.68. The largest absolute Gasteiger partial charge is 0.375 e. The van der Waals surface area contributed by atoms with E-state index in [1.807, 2.05) is 43.3 Å². The predicted molar refractivity (Wildman–Crippen MR) is 81.5 cm³/mol. The first kappa shape index (κ1) is 14.2. The van der Waals surface area contributed by atoms with Crippen molar-refractivity contribution in [1.29, 1.82) is 0 Å². The van der Waals surface area contributed by atoms with E-state index in [0.29, 0.717) is 11.3 Å². The molecule has 0 aliphatic rings. The average molecular weight is 297 g/mol. The number of ether oxygens (including phenoxy) is 1. The number of hydrogen-bond acceptors (Lipinski definition) is 5. The Labute approximate surface area is 126 Å². The maximum absolute atomic E-state index is 11.5. The van der Waals surface area contributed by atoms with Crippen LogP contribution in [0.3, 0.4) is 0 Å². The lowest BCUT2D eigenvalue weighted by molar-refractivity contribution is -0.119. The van der Waals surface area contributed by atoms with Crippen molar-refractivity contribution in [3.05, 3.63) is 42.2 Å². The number of aromatic nitrogens is 4. The molecule has 0 aliphatic carbocycles. The fourth-order valence-electron chi connectivity index (χ4n) is 2.10. The summed E-state index contributed by atoms with van der Waals surface area (Å²) in [5, 5.41) is 15.3. The summed E-state index contributed by atoms with van der Waals surface area (Å²) in [6.07, 6.45) is 0. The van der Waals surface area contributed by atoms with Gasteiger partial charge in [0.15, 0.2) is 11.5 Å². The Bertz CT molecular complexity index is 810. The molecule has 3 rings (SSSR count). The number of carbonyl (C=O) groups excluding carboxylic acids is 1. The molecule has 0 bridgehead atoms. The number of nitrogens with zero attached hydrogens (tertiary/aromatic N) is 4. The number of benzene rings is 1. The first-order valence-electron chi connectivity index (χ1n) is 6.75. The number of aryl methyl sites for hydroxylation is 1. The summed E-state index contributed by atoms with van der Waals surface area (Å²) >= 11 is 0. The Morgan fingerprint density at radius 2 is 1.95 bits per heavy atom. The Morgan fingerprint density at radius 1 is 1.18 bits per heavy atom. The molecule has 0 spiro atoms. The number of carbonyl (C=O) groups is 1. The minimum Gasteiger partial charge on any atom is -0.375 e. The van der Waals surface area contributed by atoms with Crippen LogP contribution < -0.4 is 5.32 Å². The molecule has 3 aromatic rings. The van der Waals surface area contributed by atoms with Crippen molar-refractivity contribution in [2.24, 2.45) is 0 Å². The van der Waals surface area contributed by atoms with Gasteiger partial charge in [0.1, 0.15) is 6.61 Å². The van der Waals surface area contributed by atoms with E-state index < -0.39 is 0 Å². The Morgan fingerprint density at radius 3 is 2.68 bits per heavy atom. The molecule has 0 atom stereocenters. The smallest absolute Gasteiger partial charge is 0.250 e. The van der Waals surface area contributed by atoms with Crippen LogP contribution in [0.5, 0.6) is 0 Å². The summed E-state index contributed by atoms with van der Waals surface area (Å²) in [5.41, 5.74) is 3.18. The number of methoxy groups -OCH3 is 1. The number of nitrogens with one attached hydrogen (secondary N) is 1. The van der Waals surface area contributed by atoms with Gasteiger partial charge < -0.3 is 10.1 Å². The maximum atomic E-state index is 11.5. The molecular formula is C15H15N5O2. The molecule has 112 valence electrons. The molecule has 1 aromatic carbocycles. The number of anilines is 1. The molecule has 7 nitrogen and oxygen atoms in total. The summed E-state index contributed by atoms with van der Waals surface area (Å²) in [4.78, 5) is 11.5. The second-order valence-electron chi connectivity index (χ2n) is 4.79. The van der Waals surface area contributed by atoms with Crippen molar-refractivity contribution in [3.8, 4) is 11.3 Å².